The van der Waals surface area contributed by atoms with Crippen molar-refractivity contribution in [3.8, 4) is 0 Å². The first-order valence-corrected chi connectivity index (χ1v) is 9.18. The third-order valence-electron chi connectivity index (χ3n) is 4.77. The lowest BCUT2D eigenvalue weighted by atomic mass is 10.1. The number of imidazole rings is 1. The molecule has 3 rings (SSSR count). The molecule has 0 atom stereocenters. The van der Waals surface area contributed by atoms with Gasteiger partial charge in [-0.05, 0) is 11.6 Å². The Balaban J connectivity index is 1.69. The highest BCUT2D eigenvalue weighted by molar-refractivity contribution is 6.31. The quantitative estimate of drug-likeness (QED) is 0.872. The first-order valence-electron chi connectivity index (χ1n) is 8.80. The summed E-state index contributed by atoms with van der Waals surface area (Å²) in [5.74, 6) is 0.880. The summed E-state index contributed by atoms with van der Waals surface area (Å²) in [7, 11) is 1.93. The Morgan fingerprint density at radius 1 is 1.31 bits per heavy atom. The minimum Gasteiger partial charge on any atom is -0.349 e. The normalized spacial score (nSPS) is 13.4. The minimum atomic E-state index is 0.00233. The maximum absolute atomic E-state index is 12.7. The molecule has 0 radical (unpaired) electrons. The monoisotopic (exact) mass is 374 g/mol. The first-order chi connectivity index (χ1) is 12.5. The third kappa shape index (κ3) is 3.90. The molecule has 2 aromatic rings. The summed E-state index contributed by atoms with van der Waals surface area (Å²) < 4.78 is 1.99. The maximum Gasteiger partial charge on any atom is 0.227 e. The number of fused-ring (bicyclic) bond motifs is 1. The fourth-order valence-corrected chi connectivity index (χ4v) is 3.34. The van der Waals surface area contributed by atoms with Crippen molar-refractivity contribution in [1.29, 1.82) is 0 Å². The van der Waals surface area contributed by atoms with Crippen LogP contribution in [-0.2, 0) is 42.6 Å². The maximum atomic E-state index is 12.7. The highest BCUT2D eigenvalue weighted by Crippen LogP contribution is 2.22. The Hall–Kier alpha value is -2.34. The highest BCUT2D eigenvalue weighted by atomic mass is 35.5. The molecule has 6 nitrogen and oxygen atoms in total. The molecule has 0 saturated heterocycles. The highest BCUT2D eigenvalue weighted by Gasteiger charge is 2.26. The minimum absolute atomic E-state index is 0.00233. The molecule has 0 aliphatic carbocycles. The number of rotatable bonds is 5. The van der Waals surface area contributed by atoms with Gasteiger partial charge >= 0.3 is 0 Å². The zero-order chi connectivity index (χ0) is 18.7. The Morgan fingerprint density at radius 2 is 2.08 bits per heavy atom. The van der Waals surface area contributed by atoms with E-state index in [1.807, 2.05) is 41.6 Å². The van der Waals surface area contributed by atoms with Crippen LogP contribution in [0.15, 0.2) is 24.3 Å². The van der Waals surface area contributed by atoms with E-state index in [4.69, 9.17) is 11.6 Å². The van der Waals surface area contributed by atoms with E-state index in [1.54, 1.807) is 6.07 Å². The van der Waals surface area contributed by atoms with Gasteiger partial charge in [0, 0.05) is 31.5 Å². The van der Waals surface area contributed by atoms with Gasteiger partial charge in [0.25, 0.3) is 0 Å². The van der Waals surface area contributed by atoms with Gasteiger partial charge in [-0.1, -0.05) is 36.7 Å². The molecule has 2 amide bonds. The Labute approximate surface area is 158 Å². The number of nitrogens with zero attached hydrogens (tertiary/aromatic N) is 3. The summed E-state index contributed by atoms with van der Waals surface area (Å²) in [5, 5.41) is 3.47. The summed E-state index contributed by atoms with van der Waals surface area (Å²) in [6, 6.07) is 7.43. The van der Waals surface area contributed by atoms with Crippen LogP contribution in [0.25, 0.3) is 0 Å². The van der Waals surface area contributed by atoms with Gasteiger partial charge in [-0.2, -0.15) is 0 Å². The molecular formula is C19H23ClN4O2. The van der Waals surface area contributed by atoms with Crippen LogP contribution >= 0.6 is 11.6 Å². The van der Waals surface area contributed by atoms with E-state index in [0.717, 1.165) is 29.2 Å². The van der Waals surface area contributed by atoms with E-state index in [9.17, 15) is 9.59 Å². The molecule has 1 aliphatic heterocycles. The van der Waals surface area contributed by atoms with Crippen molar-refractivity contribution in [3.05, 3.63) is 52.1 Å². The van der Waals surface area contributed by atoms with Crippen LogP contribution in [-0.4, -0.2) is 32.8 Å². The number of halogens is 1. The average molecular weight is 375 g/mol. The second kappa shape index (κ2) is 7.91. The number of hydrogen-bond acceptors (Lipinski definition) is 3. The molecule has 1 aliphatic rings. The molecule has 1 N–H and O–H groups in total. The lowest BCUT2D eigenvalue weighted by Crippen LogP contribution is -2.37. The van der Waals surface area contributed by atoms with Crippen molar-refractivity contribution in [2.24, 2.45) is 7.05 Å². The standard InChI is InChI=1S/C19H23ClN4O2/c1-3-18(25)21-11-17-22-15-8-9-24(12-16(15)23(17)2)19(26)10-13-6-4-5-7-14(13)20/h4-7H,3,8-12H2,1-2H3,(H,21,25). The van der Waals surface area contributed by atoms with Gasteiger partial charge in [0.1, 0.15) is 5.82 Å². The zero-order valence-electron chi connectivity index (χ0n) is 15.1. The smallest absolute Gasteiger partial charge is 0.227 e. The molecule has 2 heterocycles. The topological polar surface area (TPSA) is 67.2 Å². The summed E-state index contributed by atoms with van der Waals surface area (Å²) in [6.07, 6.45) is 1.47. The van der Waals surface area contributed by atoms with Crippen molar-refractivity contribution in [2.45, 2.75) is 39.3 Å². The summed E-state index contributed by atoms with van der Waals surface area (Å²) in [4.78, 5) is 30.6. The van der Waals surface area contributed by atoms with E-state index in [1.165, 1.54) is 0 Å². The lowest BCUT2D eigenvalue weighted by Gasteiger charge is -2.27. The second-order valence-electron chi connectivity index (χ2n) is 6.44. The molecule has 0 fully saturated rings. The van der Waals surface area contributed by atoms with Gasteiger partial charge in [-0.3, -0.25) is 9.59 Å². The number of carbonyl (C=O) groups excluding carboxylic acids is 2. The van der Waals surface area contributed by atoms with Gasteiger partial charge in [-0.25, -0.2) is 4.98 Å². The summed E-state index contributed by atoms with van der Waals surface area (Å²) in [5.41, 5.74) is 2.89. The van der Waals surface area contributed by atoms with Crippen molar-refractivity contribution in [1.82, 2.24) is 19.8 Å². The van der Waals surface area contributed by atoms with Gasteiger partial charge in [0.05, 0.1) is 30.9 Å². The van der Waals surface area contributed by atoms with Crippen LogP contribution in [0.3, 0.4) is 0 Å². The van der Waals surface area contributed by atoms with Crippen LogP contribution < -0.4 is 5.32 Å². The number of nitrogens with one attached hydrogen (secondary N) is 1. The predicted molar refractivity (Wildman–Crippen MR) is 99.6 cm³/mol. The molecule has 0 bridgehead atoms. The molecule has 0 saturated carbocycles. The molecule has 138 valence electrons. The van der Waals surface area contributed by atoms with Crippen molar-refractivity contribution in [3.63, 3.8) is 0 Å². The first kappa shape index (κ1) is 18.5. The van der Waals surface area contributed by atoms with Gasteiger partial charge < -0.3 is 14.8 Å². The van der Waals surface area contributed by atoms with Gasteiger partial charge in [0.2, 0.25) is 11.8 Å². The third-order valence-corrected chi connectivity index (χ3v) is 5.13. The molecule has 1 aromatic heterocycles. The molecular weight excluding hydrogens is 352 g/mol. The van der Waals surface area contributed by atoms with E-state index >= 15 is 0 Å². The SMILES string of the molecule is CCC(=O)NCc1nc2c(n1C)CN(C(=O)Cc1ccccc1Cl)CC2. The van der Waals surface area contributed by atoms with Crippen LogP contribution in [0, 0.1) is 0 Å². The lowest BCUT2D eigenvalue weighted by molar-refractivity contribution is -0.131. The second-order valence-corrected chi connectivity index (χ2v) is 6.85. The van der Waals surface area contributed by atoms with Crippen LogP contribution in [0.1, 0.15) is 36.1 Å². The largest absolute Gasteiger partial charge is 0.349 e. The molecule has 0 spiro atoms. The zero-order valence-corrected chi connectivity index (χ0v) is 15.8. The fourth-order valence-electron chi connectivity index (χ4n) is 3.13. The molecule has 0 unspecified atom stereocenters. The van der Waals surface area contributed by atoms with E-state index in [2.05, 4.69) is 10.3 Å². The molecule has 26 heavy (non-hydrogen) atoms. The molecule has 1 aromatic carbocycles. The number of aromatic nitrogens is 2. The van der Waals surface area contributed by atoms with Gasteiger partial charge in [0.15, 0.2) is 0 Å². The van der Waals surface area contributed by atoms with Crippen LogP contribution in [0.5, 0.6) is 0 Å². The van der Waals surface area contributed by atoms with Crippen LogP contribution in [0.4, 0.5) is 0 Å². The van der Waals surface area contributed by atoms with Crippen LogP contribution in [0.2, 0.25) is 5.02 Å². The number of benzene rings is 1. The van der Waals surface area contributed by atoms with Crippen molar-refractivity contribution in [2.75, 3.05) is 6.54 Å². The number of carbonyl (C=O) groups is 2. The van der Waals surface area contributed by atoms with E-state index in [0.29, 0.717) is 37.5 Å². The fraction of sp³-hybridized carbons (Fsp3) is 0.421. The van der Waals surface area contributed by atoms with Crippen molar-refractivity contribution < 1.29 is 9.59 Å². The van der Waals surface area contributed by atoms with Gasteiger partial charge in [-0.15, -0.1) is 0 Å². The number of amides is 2. The predicted octanol–water partition coefficient (Wildman–Crippen LogP) is 2.23. The van der Waals surface area contributed by atoms with E-state index in [-0.39, 0.29) is 11.8 Å². The van der Waals surface area contributed by atoms with E-state index < -0.39 is 0 Å². The summed E-state index contributed by atoms with van der Waals surface area (Å²) in [6.45, 7) is 3.41. The number of hydrogen-bond donors (Lipinski definition) is 1. The molecule has 7 heteroatoms. The van der Waals surface area contributed by atoms with Crippen molar-refractivity contribution >= 4 is 23.4 Å². The Morgan fingerprint density at radius 3 is 2.81 bits per heavy atom. The Kier molecular flexibility index (Phi) is 5.61. The summed E-state index contributed by atoms with van der Waals surface area (Å²) >= 11 is 6.17. The Bertz CT molecular complexity index is 831. The average Bonchev–Trinajstić information content (AvgIpc) is 2.97.